The number of carbonyl (C=O) groups excluding carboxylic acids is 1. The highest BCUT2D eigenvalue weighted by molar-refractivity contribution is 5.78. The molecule has 1 rings (SSSR count). The minimum Gasteiger partial charge on any atom is -0.493 e. The summed E-state index contributed by atoms with van der Waals surface area (Å²) in [5.41, 5.74) is 0.278. The van der Waals surface area contributed by atoms with Crippen LogP contribution in [0, 0.1) is 0 Å². The largest absolute Gasteiger partial charge is 0.493 e. The van der Waals surface area contributed by atoms with E-state index in [4.69, 9.17) is 14.6 Å². The van der Waals surface area contributed by atoms with Crippen molar-refractivity contribution in [3.8, 4) is 11.5 Å². The summed E-state index contributed by atoms with van der Waals surface area (Å²) in [7, 11) is 3.14. The van der Waals surface area contributed by atoms with Crippen molar-refractivity contribution in [3.05, 3.63) is 23.8 Å². The number of methoxy groups -OCH3 is 2. The molecule has 134 valence electrons. The van der Waals surface area contributed by atoms with Crippen molar-refractivity contribution in [3.63, 3.8) is 0 Å². The summed E-state index contributed by atoms with van der Waals surface area (Å²) < 4.78 is 10.4. The lowest BCUT2D eigenvalue weighted by Crippen LogP contribution is -2.49. The zero-order valence-electron chi connectivity index (χ0n) is 14.8. The molecular formula is C18H27NO5. The number of hydrogen-bond donors (Lipinski definition) is 2. The molecule has 24 heavy (non-hydrogen) atoms. The maximum absolute atomic E-state index is 12.2. The topological polar surface area (TPSA) is 84.9 Å². The molecule has 0 bridgehead atoms. The summed E-state index contributed by atoms with van der Waals surface area (Å²) in [5, 5.41) is 12.0. The van der Waals surface area contributed by atoms with Crippen LogP contribution in [0.15, 0.2) is 18.2 Å². The molecule has 0 radical (unpaired) electrons. The Bertz CT molecular complexity index is 567. The Morgan fingerprint density at radius 2 is 1.75 bits per heavy atom. The number of carboxylic acids is 1. The quantitative estimate of drug-likeness (QED) is 0.686. The van der Waals surface area contributed by atoms with Crippen molar-refractivity contribution in [2.45, 2.75) is 51.5 Å². The van der Waals surface area contributed by atoms with Gasteiger partial charge in [0.15, 0.2) is 11.5 Å². The highest BCUT2D eigenvalue weighted by atomic mass is 16.5. The first kappa shape index (κ1) is 19.8. The van der Waals surface area contributed by atoms with E-state index in [0.717, 1.165) is 5.56 Å². The lowest BCUT2D eigenvalue weighted by atomic mass is 9.88. The number of aliphatic carboxylic acids is 1. The number of amides is 1. The molecule has 6 nitrogen and oxygen atoms in total. The van der Waals surface area contributed by atoms with E-state index in [1.54, 1.807) is 20.3 Å². The summed E-state index contributed by atoms with van der Waals surface area (Å²) in [6.45, 7) is 3.78. The maximum Gasteiger partial charge on any atom is 0.305 e. The number of carbonyl (C=O) groups is 2. The fourth-order valence-corrected chi connectivity index (χ4v) is 2.66. The SMILES string of the molecule is CCC(CC)(CC(=O)O)NC(=O)CCc1ccc(OC)c(OC)c1. The Hall–Kier alpha value is -2.24. The first-order chi connectivity index (χ1) is 11.4. The highest BCUT2D eigenvalue weighted by Crippen LogP contribution is 2.28. The lowest BCUT2D eigenvalue weighted by molar-refractivity contribution is -0.139. The second-order valence-electron chi connectivity index (χ2n) is 5.80. The van der Waals surface area contributed by atoms with Crippen LogP contribution in [0.2, 0.25) is 0 Å². The molecule has 0 saturated heterocycles. The molecule has 1 aromatic carbocycles. The van der Waals surface area contributed by atoms with Gasteiger partial charge in [-0.3, -0.25) is 9.59 Å². The first-order valence-corrected chi connectivity index (χ1v) is 8.13. The van der Waals surface area contributed by atoms with E-state index in [1.807, 2.05) is 26.0 Å². The molecule has 0 aliphatic carbocycles. The summed E-state index contributed by atoms with van der Waals surface area (Å²) in [6, 6.07) is 5.54. The predicted molar refractivity (Wildman–Crippen MR) is 91.6 cm³/mol. The van der Waals surface area contributed by atoms with Crippen LogP contribution in [0.3, 0.4) is 0 Å². The third kappa shape index (κ3) is 5.44. The first-order valence-electron chi connectivity index (χ1n) is 8.13. The number of carboxylic acid groups (broad SMARTS) is 1. The van der Waals surface area contributed by atoms with Gasteiger partial charge in [0, 0.05) is 12.0 Å². The van der Waals surface area contributed by atoms with Gasteiger partial charge in [0.1, 0.15) is 0 Å². The van der Waals surface area contributed by atoms with Crippen LogP contribution >= 0.6 is 0 Å². The number of rotatable bonds is 10. The molecule has 0 unspecified atom stereocenters. The molecule has 0 heterocycles. The fourth-order valence-electron chi connectivity index (χ4n) is 2.66. The summed E-state index contributed by atoms with van der Waals surface area (Å²) in [6.07, 6.45) is 1.93. The molecular weight excluding hydrogens is 310 g/mol. The van der Waals surface area contributed by atoms with E-state index < -0.39 is 11.5 Å². The third-order valence-electron chi connectivity index (χ3n) is 4.34. The molecule has 1 amide bonds. The van der Waals surface area contributed by atoms with Gasteiger partial charge in [-0.05, 0) is 37.0 Å². The van der Waals surface area contributed by atoms with Crippen LogP contribution in [-0.2, 0) is 16.0 Å². The van der Waals surface area contributed by atoms with E-state index in [9.17, 15) is 9.59 Å². The molecule has 0 saturated carbocycles. The van der Waals surface area contributed by atoms with Gasteiger partial charge in [0.25, 0.3) is 0 Å². The highest BCUT2D eigenvalue weighted by Gasteiger charge is 2.30. The summed E-state index contributed by atoms with van der Waals surface area (Å²) >= 11 is 0. The Balaban J connectivity index is 2.69. The van der Waals surface area contributed by atoms with Crippen molar-refractivity contribution >= 4 is 11.9 Å². The van der Waals surface area contributed by atoms with Gasteiger partial charge in [0.05, 0.1) is 20.6 Å². The van der Waals surface area contributed by atoms with Gasteiger partial charge in [-0.2, -0.15) is 0 Å². The van der Waals surface area contributed by atoms with Gasteiger partial charge in [-0.15, -0.1) is 0 Å². The molecule has 0 fully saturated rings. The van der Waals surface area contributed by atoms with Gasteiger partial charge >= 0.3 is 5.97 Å². The Kier molecular flexibility index (Phi) is 7.55. The summed E-state index contributed by atoms with van der Waals surface area (Å²) in [4.78, 5) is 23.3. The average molecular weight is 337 g/mol. The minimum absolute atomic E-state index is 0.0674. The Morgan fingerprint density at radius 3 is 2.25 bits per heavy atom. The van der Waals surface area contributed by atoms with Crippen LogP contribution in [0.1, 0.15) is 45.1 Å². The number of hydrogen-bond acceptors (Lipinski definition) is 4. The smallest absolute Gasteiger partial charge is 0.305 e. The van der Waals surface area contributed by atoms with E-state index in [-0.39, 0.29) is 18.7 Å². The minimum atomic E-state index is -0.904. The monoisotopic (exact) mass is 337 g/mol. The Morgan fingerprint density at radius 1 is 1.12 bits per heavy atom. The molecule has 0 aromatic heterocycles. The molecule has 1 aromatic rings. The van der Waals surface area contributed by atoms with Crippen molar-refractivity contribution < 1.29 is 24.2 Å². The van der Waals surface area contributed by atoms with Crippen LogP contribution in [0.5, 0.6) is 11.5 Å². The summed E-state index contributed by atoms with van der Waals surface area (Å²) in [5.74, 6) is 0.217. The van der Waals surface area contributed by atoms with Crippen molar-refractivity contribution in [2.75, 3.05) is 14.2 Å². The average Bonchev–Trinajstić information content (AvgIpc) is 2.58. The molecule has 0 atom stereocenters. The van der Waals surface area contributed by atoms with Crippen LogP contribution in [0.4, 0.5) is 0 Å². The van der Waals surface area contributed by atoms with Crippen molar-refractivity contribution in [2.24, 2.45) is 0 Å². The van der Waals surface area contributed by atoms with Gasteiger partial charge < -0.3 is 19.9 Å². The standard InChI is InChI=1S/C18H27NO5/c1-5-18(6-2,12-17(21)22)19-16(20)10-8-13-7-9-14(23-3)15(11-13)24-4/h7,9,11H,5-6,8,10,12H2,1-4H3,(H,19,20)(H,21,22). The molecule has 6 heteroatoms. The predicted octanol–water partition coefficient (Wildman–Crippen LogP) is 2.79. The normalized spacial score (nSPS) is 11.0. The van der Waals surface area contributed by atoms with E-state index in [1.165, 1.54) is 0 Å². The maximum atomic E-state index is 12.2. The van der Waals surface area contributed by atoms with E-state index in [2.05, 4.69) is 5.32 Å². The van der Waals surface area contributed by atoms with Crippen molar-refractivity contribution in [1.82, 2.24) is 5.32 Å². The van der Waals surface area contributed by atoms with Crippen molar-refractivity contribution in [1.29, 1.82) is 0 Å². The fraction of sp³-hybridized carbons (Fsp3) is 0.556. The second-order valence-corrected chi connectivity index (χ2v) is 5.80. The lowest BCUT2D eigenvalue weighted by Gasteiger charge is -2.31. The van der Waals surface area contributed by atoms with Crippen LogP contribution < -0.4 is 14.8 Å². The Labute approximate surface area is 143 Å². The number of nitrogens with one attached hydrogen (secondary N) is 1. The zero-order valence-corrected chi connectivity index (χ0v) is 14.8. The van der Waals surface area contributed by atoms with E-state index >= 15 is 0 Å². The second kappa shape index (κ2) is 9.15. The van der Waals surface area contributed by atoms with Gasteiger partial charge in [-0.1, -0.05) is 19.9 Å². The number of aryl methyl sites for hydroxylation is 1. The van der Waals surface area contributed by atoms with Gasteiger partial charge in [-0.25, -0.2) is 0 Å². The number of benzene rings is 1. The molecule has 2 N–H and O–H groups in total. The zero-order chi connectivity index (χ0) is 18.2. The molecule has 0 aliphatic rings. The number of ether oxygens (including phenoxy) is 2. The van der Waals surface area contributed by atoms with Gasteiger partial charge in [0.2, 0.25) is 5.91 Å². The van der Waals surface area contributed by atoms with E-state index in [0.29, 0.717) is 30.8 Å². The third-order valence-corrected chi connectivity index (χ3v) is 4.34. The van der Waals surface area contributed by atoms with Crippen LogP contribution in [0.25, 0.3) is 0 Å². The molecule has 0 aliphatic heterocycles. The van der Waals surface area contributed by atoms with Crippen LogP contribution in [-0.4, -0.2) is 36.7 Å². The molecule has 0 spiro atoms.